The SMILES string of the molecule is CC(C)(CC(N)=O)Nc1cc(Cl)c(Cl)cc1[N+](=O)[O-]. The monoisotopic (exact) mass is 305 g/mol. The third kappa shape index (κ3) is 4.25. The number of hydrogen-bond donors (Lipinski definition) is 2. The summed E-state index contributed by atoms with van der Waals surface area (Å²) in [5, 5.41) is 14.1. The molecule has 0 fully saturated rings. The molecule has 1 amide bonds. The van der Waals surface area contributed by atoms with Crippen LogP contribution >= 0.6 is 23.2 Å². The summed E-state index contributed by atoms with van der Waals surface area (Å²) >= 11 is 11.6. The Kier molecular flexibility index (Phi) is 4.60. The molecule has 6 nitrogen and oxygen atoms in total. The molecule has 8 heteroatoms. The van der Waals surface area contributed by atoms with Gasteiger partial charge < -0.3 is 11.1 Å². The number of nitrogens with one attached hydrogen (secondary N) is 1. The molecule has 0 aliphatic heterocycles. The molecule has 0 saturated heterocycles. The molecule has 0 heterocycles. The van der Waals surface area contributed by atoms with Gasteiger partial charge in [0.1, 0.15) is 5.69 Å². The van der Waals surface area contributed by atoms with Gasteiger partial charge in [-0.15, -0.1) is 0 Å². The number of anilines is 1. The van der Waals surface area contributed by atoms with Crippen molar-refractivity contribution in [2.45, 2.75) is 25.8 Å². The van der Waals surface area contributed by atoms with Crippen LogP contribution < -0.4 is 11.1 Å². The molecule has 3 N–H and O–H groups in total. The zero-order chi connectivity index (χ0) is 14.8. The lowest BCUT2D eigenvalue weighted by Crippen LogP contribution is -2.36. The number of nitro groups is 1. The van der Waals surface area contributed by atoms with Crippen molar-refractivity contribution in [3.05, 3.63) is 32.3 Å². The average Bonchev–Trinajstić information content (AvgIpc) is 2.19. The van der Waals surface area contributed by atoms with E-state index in [9.17, 15) is 14.9 Å². The second kappa shape index (κ2) is 5.63. The summed E-state index contributed by atoms with van der Waals surface area (Å²) in [5.41, 5.74) is 4.35. The number of nitrogens with zero attached hydrogens (tertiary/aromatic N) is 1. The van der Waals surface area contributed by atoms with E-state index in [2.05, 4.69) is 5.32 Å². The van der Waals surface area contributed by atoms with Gasteiger partial charge in [0.25, 0.3) is 5.69 Å². The van der Waals surface area contributed by atoms with Crippen molar-refractivity contribution >= 4 is 40.5 Å². The quantitative estimate of drug-likeness (QED) is 0.645. The van der Waals surface area contributed by atoms with Gasteiger partial charge in [0.2, 0.25) is 5.91 Å². The topological polar surface area (TPSA) is 98.3 Å². The van der Waals surface area contributed by atoms with Crippen molar-refractivity contribution in [3.63, 3.8) is 0 Å². The van der Waals surface area contributed by atoms with E-state index >= 15 is 0 Å². The van der Waals surface area contributed by atoms with E-state index in [0.29, 0.717) is 0 Å². The summed E-state index contributed by atoms with van der Waals surface area (Å²) in [4.78, 5) is 21.3. The highest BCUT2D eigenvalue weighted by molar-refractivity contribution is 6.42. The molecule has 0 unspecified atom stereocenters. The third-order valence-corrected chi connectivity index (χ3v) is 3.05. The molecule has 1 rings (SSSR count). The summed E-state index contributed by atoms with van der Waals surface area (Å²) in [5.74, 6) is -0.514. The first kappa shape index (κ1) is 15.5. The molecular weight excluding hydrogens is 293 g/mol. The van der Waals surface area contributed by atoms with Crippen LogP contribution in [0.25, 0.3) is 0 Å². The maximum Gasteiger partial charge on any atom is 0.293 e. The van der Waals surface area contributed by atoms with E-state index < -0.39 is 16.4 Å². The van der Waals surface area contributed by atoms with Crippen LogP contribution in [0.4, 0.5) is 11.4 Å². The smallest absolute Gasteiger partial charge is 0.293 e. The van der Waals surface area contributed by atoms with E-state index in [1.54, 1.807) is 13.8 Å². The lowest BCUT2D eigenvalue weighted by molar-refractivity contribution is -0.384. The molecule has 1 aromatic carbocycles. The molecule has 1 aromatic rings. The second-order valence-electron chi connectivity index (χ2n) is 4.69. The van der Waals surface area contributed by atoms with Crippen molar-refractivity contribution in [2.24, 2.45) is 5.73 Å². The van der Waals surface area contributed by atoms with Gasteiger partial charge in [-0.3, -0.25) is 14.9 Å². The first-order chi connectivity index (χ1) is 8.62. The fourth-order valence-corrected chi connectivity index (χ4v) is 1.95. The number of benzene rings is 1. The predicted octanol–water partition coefficient (Wildman–Crippen LogP) is 2.97. The Bertz CT molecular complexity index is 532. The lowest BCUT2D eigenvalue weighted by Gasteiger charge is -2.26. The van der Waals surface area contributed by atoms with Gasteiger partial charge in [0.15, 0.2) is 0 Å². The van der Waals surface area contributed by atoms with E-state index in [4.69, 9.17) is 28.9 Å². The molecule has 0 bridgehead atoms. The summed E-state index contributed by atoms with van der Waals surface area (Å²) in [6.45, 7) is 3.40. The van der Waals surface area contributed by atoms with Crippen molar-refractivity contribution in [1.29, 1.82) is 0 Å². The van der Waals surface area contributed by atoms with Crippen molar-refractivity contribution in [2.75, 3.05) is 5.32 Å². The van der Waals surface area contributed by atoms with Crippen molar-refractivity contribution in [1.82, 2.24) is 0 Å². The van der Waals surface area contributed by atoms with Crippen LogP contribution in [-0.2, 0) is 4.79 Å². The first-order valence-corrected chi connectivity index (χ1v) is 6.08. The zero-order valence-electron chi connectivity index (χ0n) is 10.4. The van der Waals surface area contributed by atoms with Crippen LogP contribution in [-0.4, -0.2) is 16.4 Å². The molecule has 0 aliphatic rings. The summed E-state index contributed by atoms with van der Waals surface area (Å²) in [6.07, 6.45) is 0.0183. The normalized spacial score (nSPS) is 11.2. The van der Waals surface area contributed by atoms with Gasteiger partial charge in [0.05, 0.1) is 15.0 Å². The lowest BCUT2D eigenvalue weighted by atomic mass is 9.99. The van der Waals surface area contributed by atoms with E-state index in [0.717, 1.165) is 6.07 Å². The number of hydrogen-bond acceptors (Lipinski definition) is 4. The number of primary amides is 1. The largest absolute Gasteiger partial charge is 0.374 e. The van der Waals surface area contributed by atoms with Crippen LogP contribution in [0, 0.1) is 10.1 Å². The van der Waals surface area contributed by atoms with Gasteiger partial charge in [-0.2, -0.15) is 0 Å². The highest BCUT2D eigenvalue weighted by atomic mass is 35.5. The maximum absolute atomic E-state index is 11.0. The first-order valence-electron chi connectivity index (χ1n) is 5.32. The third-order valence-electron chi connectivity index (χ3n) is 2.32. The molecule has 0 aromatic heterocycles. The van der Waals surface area contributed by atoms with Crippen LogP contribution in [0.1, 0.15) is 20.3 Å². The molecule has 0 spiro atoms. The van der Waals surface area contributed by atoms with E-state index in [1.807, 2.05) is 0 Å². The Morgan fingerprint density at radius 1 is 1.42 bits per heavy atom. The minimum atomic E-state index is -0.742. The summed E-state index contributed by atoms with van der Waals surface area (Å²) in [7, 11) is 0. The van der Waals surface area contributed by atoms with Crippen LogP contribution in [0.2, 0.25) is 10.0 Å². The number of amides is 1. The van der Waals surface area contributed by atoms with Crippen molar-refractivity contribution in [3.8, 4) is 0 Å². The molecule has 0 aliphatic carbocycles. The second-order valence-corrected chi connectivity index (χ2v) is 5.51. The number of nitro benzene ring substituents is 1. The van der Waals surface area contributed by atoms with Gasteiger partial charge in [-0.1, -0.05) is 23.2 Å². The maximum atomic E-state index is 11.0. The summed E-state index contributed by atoms with van der Waals surface area (Å²) in [6, 6.07) is 2.51. The zero-order valence-corrected chi connectivity index (χ0v) is 11.9. The Morgan fingerprint density at radius 3 is 2.42 bits per heavy atom. The highest BCUT2D eigenvalue weighted by Crippen LogP contribution is 2.35. The van der Waals surface area contributed by atoms with Crippen LogP contribution in [0.15, 0.2) is 12.1 Å². The minimum Gasteiger partial charge on any atom is -0.374 e. The minimum absolute atomic E-state index is 0.0183. The number of halogens is 2. The molecule has 19 heavy (non-hydrogen) atoms. The number of carbonyl (C=O) groups is 1. The Labute approximate surface area is 120 Å². The van der Waals surface area contributed by atoms with Gasteiger partial charge in [-0.25, -0.2) is 0 Å². The van der Waals surface area contributed by atoms with Crippen LogP contribution in [0.3, 0.4) is 0 Å². The van der Waals surface area contributed by atoms with E-state index in [-0.39, 0.29) is 27.8 Å². The Hall–Kier alpha value is -1.53. The fourth-order valence-electron chi connectivity index (χ4n) is 1.63. The molecule has 104 valence electrons. The van der Waals surface area contributed by atoms with Gasteiger partial charge in [0, 0.05) is 18.0 Å². The molecule has 0 atom stereocenters. The molecular formula is C11H13Cl2N3O3. The van der Waals surface area contributed by atoms with Gasteiger partial charge in [-0.05, 0) is 19.9 Å². The molecule has 0 saturated carbocycles. The Balaban J connectivity index is 3.16. The van der Waals surface area contributed by atoms with Crippen molar-refractivity contribution < 1.29 is 9.72 Å². The van der Waals surface area contributed by atoms with E-state index in [1.165, 1.54) is 6.07 Å². The molecule has 0 radical (unpaired) electrons. The highest BCUT2D eigenvalue weighted by Gasteiger charge is 2.25. The fraction of sp³-hybridized carbons (Fsp3) is 0.364. The number of carbonyl (C=O) groups excluding carboxylic acids is 1. The predicted molar refractivity (Wildman–Crippen MR) is 74.6 cm³/mol. The Morgan fingerprint density at radius 2 is 1.95 bits per heavy atom. The average molecular weight is 306 g/mol. The summed E-state index contributed by atoms with van der Waals surface area (Å²) < 4.78 is 0. The number of rotatable bonds is 5. The number of nitrogens with two attached hydrogens (primary N) is 1. The van der Waals surface area contributed by atoms with Gasteiger partial charge >= 0.3 is 0 Å². The standard InChI is InChI=1S/C11H13Cl2N3O3/c1-11(2,5-10(14)17)15-8-3-6(12)7(13)4-9(8)16(18)19/h3-4,15H,5H2,1-2H3,(H2,14,17). The van der Waals surface area contributed by atoms with Crippen LogP contribution in [0.5, 0.6) is 0 Å².